The van der Waals surface area contributed by atoms with Gasteiger partial charge in [-0.25, -0.2) is 0 Å². The van der Waals surface area contributed by atoms with Crippen LogP contribution >= 0.6 is 0 Å². The van der Waals surface area contributed by atoms with E-state index in [-0.39, 0.29) is 0 Å². The van der Waals surface area contributed by atoms with E-state index >= 15 is 0 Å². The van der Waals surface area contributed by atoms with Gasteiger partial charge in [0, 0.05) is 29.9 Å². The van der Waals surface area contributed by atoms with E-state index in [9.17, 15) is 0 Å². The lowest BCUT2D eigenvalue weighted by molar-refractivity contribution is 0.239. The Morgan fingerprint density at radius 3 is 2.24 bits per heavy atom. The summed E-state index contributed by atoms with van der Waals surface area (Å²) in [5.74, 6) is 0. The van der Waals surface area contributed by atoms with Crippen molar-refractivity contribution in [3.05, 3.63) is 65.7 Å². The Labute approximate surface area is 126 Å². The summed E-state index contributed by atoms with van der Waals surface area (Å²) in [6.45, 7) is 2.06. The maximum atomic E-state index is 6.16. The van der Waals surface area contributed by atoms with E-state index in [1.54, 1.807) is 0 Å². The quantitative estimate of drug-likeness (QED) is 0.690. The highest BCUT2D eigenvalue weighted by atomic mass is 15.5. The minimum Gasteiger partial charge on any atom is -0.398 e. The van der Waals surface area contributed by atoms with Crippen molar-refractivity contribution >= 4 is 11.4 Å². The van der Waals surface area contributed by atoms with Crippen molar-refractivity contribution in [2.45, 2.75) is 19.3 Å². The van der Waals surface area contributed by atoms with Gasteiger partial charge in [-0.05, 0) is 25.3 Å². The van der Waals surface area contributed by atoms with E-state index in [0.717, 1.165) is 35.6 Å². The third-order valence-corrected chi connectivity index (χ3v) is 3.84. The fourth-order valence-corrected chi connectivity index (χ4v) is 2.69. The van der Waals surface area contributed by atoms with E-state index in [1.165, 1.54) is 19.3 Å². The van der Waals surface area contributed by atoms with Crippen molar-refractivity contribution in [2.24, 2.45) is 5.10 Å². The number of para-hydroxylation sites is 1. The number of nitrogen functional groups attached to an aromatic ring is 1. The number of hydrazone groups is 1. The number of nitrogens with zero attached hydrogens (tertiary/aromatic N) is 2. The third-order valence-electron chi connectivity index (χ3n) is 3.84. The maximum Gasteiger partial charge on any atom is 0.0996 e. The van der Waals surface area contributed by atoms with E-state index < -0.39 is 0 Å². The lowest BCUT2D eigenvalue weighted by Crippen LogP contribution is -2.26. The van der Waals surface area contributed by atoms with Gasteiger partial charge in [0.1, 0.15) is 0 Å². The van der Waals surface area contributed by atoms with Crippen LogP contribution in [0.2, 0.25) is 0 Å². The van der Waals surface area contributed by atoms with Crippen LogP contribution in [0.25, 0.3) is 0 Å². The van der Waals surface area contributed by atoms with Crippen LogP contribution in [-0.2, 0) is 0 Å². The van der Waals surface area contributed by atoms with Crippen LogP contribution in [0, 0.1) is 0 Å². The van der Waals surface area contributed by atoms with Gasteiger partial charge in [-0.1, -0.05) is 48.5 Å². The second-order valence-corrected chi connectivity index (χ2v) is 5.42. The predicted octanol–water partition coefficient (Wildman–Crippen LogP) is 3.51. The topological polar surface area (TPSA) is 41.6 Å². The summed E-state index contributed by atoms with van der Waals surface area (Å²) in [6.07, 6.45) is 3.74. The normalized spacial score (nSPS) is 16.0. The first-order valence-electron chi connectivity index (χ1n) is 7.58. The summed E-state index contributed by atoms with van der Waals surface area (Å²) in [4.78, 5) is 0. The Kier molecular flexibility index (Phi) is 4.20. The van der Waals surface area contributed by atoms with Crippen molar-refractivity contribution in [1.82, 2.24) is 5.01 Å². The second-order valence-electron chi connectivity index (χ2n) is 5.42. The van der Waals surface area contributed by atoms with Crippen LogP contribution in [-0.4, -0.2) is 23.8 Å². The lowest BCUT2D eigenvalue weighted by Gasteiger charge is -2.25. The lowest BCUT2D eigenvalue weighted by atomic mass is 10.0. The Morgan fingerprint density at radius 2 is 1.52 bits per heavy atom. The first-order valence-corrected chi connectivity index (χ1v) is 7.58. The van der Waals surface area contributed by atoms with Gasteiger partial charge < -0.3 is 5.73 Å². The highest BCUT2D eigenvalue weighted by Gasteiger charge is 2.14. The summed E-state index contributed by atoms with van der Waals surface area (Å²) < 4.78 is 0. The molecule has 3 heteroatoms. The molecule has 2 aromatic rings. The highest BCUT2D eigenvalue weighted by Crippen LogP contribution is 2.19. The fraction of sp³-hybridized carbons (Fsp3) is 0.278. The molecule has 3 nitrogen and oxygen atoms in total. The van der Waals surface area contributed by atoms with E-state index in [2.05, 4.69) is 17.1 Å². The fourth-order valence-electron chi connectivity index (χ4n) is 2.69. The first kappa shape index (κ1) is 13.7. The van der Waals surface area contributed by atoms with Crippen LogP contribution in [0.3, 0.4) is 0 Å². The minimum atomic E-state index is 0.775. The zero-order chi connectivity index (χ0) is 14.5. The Bertz CT molecular complexity index is 613. The molecule has 21 heavy (non-hydrogen) atoms. The standard InChI is InChI=1S/C18H21N3/c19-17-12-6-5-11-16(17)18(15-9-3-1-4-10-15)20-21-13-7-2-8-14-21/h1,3-6,9-12H,2,7-8,13-14,19H2/b20-18+. The molecule has 0 aliphatic carbocycles. The van der Waals surface area contributed by atoms with E-state index in [4.69, 9.17) is 10.8 Å². The zero-order valence-corrected chi connectivity index (χ0v) is 12.2. The largest absolute Gasteiger partial charge is 0.398 e. The Hall–Kier alpha value is -2.29. The average molecular weight is 279 g/mol. The number of nitrogens with two attached hydrogens (primary N) is 1. The van der Waals surface area contributed by atoms with Crippen molar-refractivity contribution in [3.63, 3.8) is 0 Å². The van der Waals surface area contributed by atoms with Gasteiger partial charge in [0.05, 0.1) is 5.71 Å². The number of hydrogen-bond donors (Lipinski definition) is 1. The highest BCUT2D eigenvalue weighted by molar-refractivity contribution is 6.15. The van der Waals surface area contributed by atoms with Gasteiger partial charge in [0.15, 0.2) is 0 Å². The molecule has 0 saturated carbocycles. The molecule has 0 amide bonds. The molecular weight excluding hydrogens is 258 g/mol. The molecule has 1 aliphatic rings. The van der Waals surface area contributed by atoms with Crippen molar-refractivity contribution < 1.29 is 0 Å². The Morgan fingerprint density at radius 1 is 0.857 bits per heavy atom. The Balaban J connectivity index is 2.03. The summed E-state index contributed by atoms with van der Waals surface area (Å²) in [6, 6.07) is 18.2. The summed E-state index contributed by atoms with van der Waals surface area (Å²) >= 11 is 0. The van der Waals surface area contributed by atoms with Crippen LogP contribution in [0.15, 0.2) is 59.7 Å². The number of anilines is 1. The molecule has 1 aliphatic heterocycles. The third kappa shape index (κ3) is 3.24. The second kappa shape index (κ2) is 6.44. The number of hydrogen-bond acceptors (Lipinski definition) is 3. The molecule has 2 N–H and O–H groups in total. The monoisotopic (exact) mass is 279 g/mol. The SMILES string of the molecule is Nc1ccccc1/C(=N/N1CCCCC1)c1ccccc1. The number of rotatable bonds is 3. The van der Waals surface area contributed by atoms with E-state index in [1.807, 2.05) is 42.5 Å². The van der Waals surface area contributed by atoms with Crippen LogP contribution in [0.5, 0.6) is 0 Å². The van der Waals surface area contributed by atoms with Crippen LogP contribution < -0.4 is 5.73 Å². The zero-order valence-electron chi connectivity index (χ0n) is 12.2. The van der Waals surface area contributed by atoms with Crippen molar-refractivity contribution in [2.75, 3.05) is 18.8 Å². The first-order chi connectivity index (χ1) is 10.3. The molecule has 1 fully saturated rings. The average Bonchev–Trinajstić information content (AvgIpc) is 2.55. The molecule has 0 radical (unpaired) electrons. The number of benzene rings is 2. The summed E-state index contributed by atoms with van der Waals surface area (Å²) in [5.41, 5.74) is 10.0. The molecule has 0 unspecified atom stereocenters. The van der Waals surface area contributed by atoms with Gasteiger partial charge >= 0.3 is 0 Å². The molecule has 1 heterocycles. The molecule has 3 rings (SSSR count). The van der Waals surface area contributed by atoms with Gasteiger partial charge in [-0.15, -0.1) is 0 Å². The van der Waals surface area contributed by atoms with Gasteiger partial charge in [0.2, 0.25) is 0 Å². The van der Waals surface area contributed by atoms with Crippen molar-refractivity contribution in [1.29, 1.82) is 0 Å². The molecule has 0 bridgehead atoms. The molecule has 0 spiro atoms. The molecular formula is C18H21N3. The molecule has 1 saturated heterocycles. The molecule has 108 valence electrons. The predicted molar refractivity (Wildman–Crippen MR) is 88.4 cm³/mol. The summed E-state index contributed by atoms with van der Waals surface area (Å²) in [7, 11) is 0. The minimum absolute atomic E-state index is 0.775. The smallest absolute Gasteiger partial charge is 0.0996 e. The van der Waals surface area contributed by atoms with Gasteiger partial charge in [-0.2, -0.15) is 5.10 Å². The van der Waals surface area contributed by atoms with Crippen LogP contribution in [0.1, 0.15) is 30.4 Å². The maximum absolute atomic E-state index is 6.16. The number of piperidine rings is 1. The molecule has 0 atom stereocenters. The molecule has 2 aromatic carbocycles. The molecule has 0 aromatic heterocycles. The van der Waals surface area contributed by atoms with E-state index in [0.29, 0.717) is 0 Å². The van der Waals surface area contributed by atoms with Gasteiger partial charge in [-0.3, -0.25) is 5.01 Å². The van der Waals surface area contributed by atoms with Crippen LogP contribution in [0.4, 0.5) is 5.69 Å². The summed E-state index contributed by atoms with van der Waals surface area (Å²) in [5, 5.41) is 7.09. The van der Waals surface area contributed by atoms with Crippen molar-refractivity contribution in [3.8, 4) is 0 Å². The van der Waals surface area contributed by atoms with Gasteiger partial charge in [0.25, 0.3) is 0 Å².